The first-order chi connectivity index (χ1) is 10.7. The van der Waals surface area contributed by atoms with Crippen molar-refractivity contribution in [3.05, 3.63) is 12.7 Å². The summed E-state index contributed by atoms with van der Waals surface area (Å²) in [7, 11) is 0. The van der Waals surface area contributed by atoms with Gasteiger partial charge in [0.2, 0.25) is 0 Å². The summed E-state index contributed by atoms with van der Waals surface area (Å²) < 4.78 is 5.65. The lowest BCUT2D eigenvalue weighted by Crippen LogP contribution is -2.54. The summed E-state index contributed by atoms with van der Waals surface area (Å²) >= 11 is 4.31. The van der Waals surface area contributed by atoms with Crippen molar-refractivity contribution in [3.8, 4) is 0 Å². The summed E-state index contributed by atoms with van der Waals surface area (Å²) in [6.07, 6.45) is 8.09. The first kappa shape index (κ1) is 16.7. The molecular weight excluding hydrogens is 314 g/mol. The highest BCUT2D eigenvalue weighted by Gasteiger charge is 2.56. The Bertz CT molecular complexity index is 417. The Morgan fingerprint density at radius 1 is 1.41 bits per heavy atom. The molecule has 3 fully saturated rings. The van der Waals surface area contributed by atoms with Crippen molar-refractivity contribution in [2.75, 3.05) is 24.7 Å². The fourth-order valence-electron chi connectivity index (χ4n) is 4.43. The Morgan fingerprint density at radius 3 is 2.86 bits per heavy atom. The Hall–Kier alpha value is -0.130. The molecule has 0 amide bonds. The van der Waals surface area contributed by atoms with Crippen molar-refractivity contribution >= 4 is 29.5 Å². The topological polar surface area (TPSA) is 29.5 Å². The highest BCUT2D eigenvalue weighted by atomic mass is 32.2. The van der Waals surface area contributed by atoms with Gasteiger partial charge in [-0.2, -0.15) is 0 Å². The smallest absolute Gasteiger partial charge is 0.323 e. The van der Waals surface area contributed by atoms with Gasteiger partial charge in [-0.25, -0.2) is 0 Å². The minimum absolute atomic E-state index is 0.0280. The van der Waals surface area contributed by atoms with Gasteiger partial charge in [0.1, 0.15) is 6.04 Å². The first-order valence-corrected chi connectivity index (χ1v) is 10.5. The second-order valence-electron chi connectivity index (χ2n) is 6.45. The van der Waals surface area contributed by atoms with Gasteiger partial charge in [0.15, 0.2) is 0 Å². The Balaban J connectivity index is 1.87. The van der Waals surface area contributed by atoms with E-state index >= 15 is 0 Å². The van der Waals surface area contributed by atoms with E-state index in [-0.39, 0.29) is 12.0 Å². The number of thioether (sulfide) groups is 2. The molecule has 1 spiro atoms. The molecule has 3 aliphatic rings. The lowest BCUT2D eigenvalue weighted by Gasteiger charge is -2.49. The van der Waals surface area contributed by atoms with Crippen LogP contribution in [-0.4, -0.2) is 51.7 Å². The molecule has 0 aromatic carbocycles. The summed E-state index contributed by atoms with van der Waals surface area (Å²) in [6.45, 7) is 7.10. The van der Waals surface area contributed by atoms with Crippen molar-refractivity contribution in [2.45, 2.75) is 55.2 Å². The van der Waals surface area contributed by atoms with E-state index in [1.165, 1.54) is 37.2 Å². The number of carbonyl (C=O) groups excluding carboxylic acids is 1. The molecule has 2 aliphatic heterocycles. The van der Waals surface area contributed by atoms with Gasteiger partial charge in [0, 0.05) is 12.6 Å². The van der Waals surface area contributed by atoms with E-state index in [2.05, 4.69) is 35.0 Å². The van der Waals surface area contributed by atoms with Crippen LogP contribution in [0.5, 0.6) is 0 Å². The average Bonchev–Trinajstić information content (AvgIpc) is 2.89. The second-order valence-corrected chi connectivity index (χ2v) is 9.56. The number of carbonyl (C=O) groups is 1. The monoisotopic (exact) mass is 341 g/mol. The van der Waals surface area contributed by atoms with Gasteiger partial charge in [0.05, 0.1) is 10.7 Å². The zero-order valence-corrected chi connectivity index (χ0v) is 15.1. The summed E-state index contributed by atoms with van der Waals surface area (Å²) in [6, 6.07) is 0.440. The van der Waals surface area contributed by atoms with E-state index in [0.717, 1.165) is 13.0 Å². The quantitative estimate of drug-likeness (QED) is 0.576. The molecule has 124 valence electrons. The Kier molecular flexibility index (Phi) is 5.46. The summed E-state index contributed by atoms with van der Waals surface area (Å²) in [4.78, 5) is 14.9. The molecule has 0 aromatic heterocycles. The average molecular weight is 342 g/mol. The molecule has 0 radical (unpaired) electrons. The largest absolute Gasteiger partial charge is 0.465 e. The third kappa shape index (κ3) is 2.96. The predicted octanol–water partition coefficient (Wildman–Crippen LogP) is 3.54. The third-order valence-corrected chi connectivity index (χ3v) is 8.72. The van der Waals surface area contributed by atoms with Crippen LogP contribution in [-0.2, 0) is 9.53 Å². The molecule has 3 nitrogen and oxygen atoms in total. The van der Waals surface area contributed by atoms with Crippen LogP contribution in [0.4, 0.5) is 0 Å². The highest BCUT2D eigenvalue weighted by molar-refractivity contribution is 8.18. The van der Waals surface area contributed by atoms with E-state index < -0.39 is 0 Å². The molecule has 22 heavy (non-hydrogen) atoms. The van der Waals surface area contributed by atoms with E-state index in [0.29, 0.717) is 22.6 Å². The van der Waals surface area contributed by atoms with E-state index in [1.807, 2.05) is 13.0 Å². The number of likely N-dealkylation sites (tertiary alicyclic amines) is 1. The maximum absolute atomic E-state index is 12.4. The second kappa shape index (κ2) is 7.18. The van der Waals surface area contributed by atoms with Crippen LogP contribution in [0.15, 0.2) is 12.7 Å². The lowest BCUT2D eigenvalue weighted by atomic mass is 9.83. The van der Waals surface area contributed by atoms with Gasteiger partial charge in [-0.15, -0.1) is 30.1 Å². The van der Waals surface area contributed by atoms with Gasteiger partial charge >= 0.3 is 5.97 Å². The maximum atomic E-state index is 12.4. The van der Waals surface area contributed by atoms with Gasteiger partial charge in [-0.05, 0) is 50.0 Å². The minimum atomic E-state index is -0.0638. The van der Waals surface area contributed by atoms with Crippen molar-refractivity contribution in [3.63, 3.8) is 0 Å². The molecular formula is C17H27NO2S2. The van der Waals surface area contributed by atoms with E-state index in [1.54, 1.807) is 0 Å². The fourth-order valence-corrected chi connectivity index (χ4v) is 8.29. The molecule has 0 unspecified atom stereocenters. The number of ether oxygens (including phenoxy) is 1. The van der Waals surface area contributed by atoms with Gasteiger partial charge in [-0.3, -0.25) is 9.69 Å². The predicted molar refractivity (Wildman–Crippen MR) is 95.3 cm³/mol. The Labute approximate surface area is 142 Å². The maximum Gasteiger partial charge on any atom is 0.323 e. The molecule has 0 bridgehead atoms. The Morgan fingerprint density at radius 2 is 2.18 bits per heavy atom. The number of fused-ring (bicyclic) bond motifs is 2. The molecule has 1 saturated carbocycles. The van der Waals surface area contributed by atoms with E-state index in [4.69, 9.17) is 4.74 Å². The highest BCUT2D eigenvalue weighted by Crippen LogP contribution is 2.57. The minimum Gasteiger partial charge on any atom is -0.465 e. The normalized spacial score (nSPS) is 34.3. The van der Waals surface area contributed by atoms with Crippen molar-refractivity contribution in [2.24, 2.45) is 5.92 Å². The van der Waals surface area contributed by atoms with Crippen LogP contribution in [0.1, 0.15) is 39.0 Å². The molecule has 5 heteroatoms. The first-order valence-electron chi connectivity index (χ1n) is 8.53. The molecule has 2 saturated heterocycles. The number of hydrogen-bond acceptors (Lipinski definition) is 5. The number of nitrogens with zero attached hydrogens (tertiary/aromatic N) is 1. The van der Waals surface area contributed by atoms with Crippen molar-refractivity contribution in [1.82, 2.24) is 4.90 Å². The van der Waals surface area contributed by atoms with Crippen LogP contribution in [0.3, 0.4) is 0 Å². The number of hydrogen-bond donors (Lipinski definition) is 0. The molecule has 0 aromatic rings. The van der Waals surface area contributed by atoms with Crippen molar-refractivity contribution in [1.29, 1.82) is 0 Å². The van der Waals surface area contributed by atoms with Crippen LogP contribution in [0, 0.1) is 5.92 Å². The van der Waals surface area contributed by atoms with E-state index in [9.17, 15) is 4.79 Å². The lowest BCUT2D eigenvalue weighted by molar-refractivity contribution is -0.148. The summed E-state index contributed by atoms with van der Waals surface area (Å²) in [5, 5.41) is 0. The molecule has 3 rings (SSSR count). The van der Waals surface area contributed by atoms with Crippen molar-refractivity contribution < 1.29 is 9.53 Å². The zero-order chi connectivity index (χ0) is 15.6. The van der Waals surface area contributed by atoms with Gasteiger partial charge in [-0.1, -0.05) is 12.5 Å². The summed E-state index contributed by atoms with van der Waals surface area (Å²) in [5.74, 6) is 3.14. The van der Waals surface area contributed by atoms with Crippen LogP contribution >= 0.6 is 23.5 Å². The van der Waals surface area contributed by atoms with Gasteiger partial charge in [0.25, 0.3) is 0 Å². The van der Waals surface area contributed by atoms with Crippen LogP contribution in [0.2, 0.25) is 0 Å². The van der Waals surface area contributed by atoms with Gasteiger partial charge < -0.3 is 4.74 Å². The molecule has 0 N–H and O–H groups in total. The molecule has 2 heterocycles. The molecule has 3 atom stereocenters. The number of esters is 1. The molecule has 1 aliphatic carbocycles. The zero-order valence-electron chi connectivity index (χ0n) is 13.5. The third-order valence-electron chi connectivity index (χ3n) is 5.16. The number of rotatable bonds is 4. The van der Waals surface area contributed by atoms with Crippen LogP contribution in [0.25, 0.3) is 0 Å². The fraction of sp³-hybridized carbons (Fsp3) is 0.824. The SMILES string of the molecule is C=CCN1[C@H]2[C@H](CCCC23SCCCS3)C[C@H]1C(=O)OCC. The standard InChI is InChI=1S/C17H27NO2S2/c1-3-9-18-14(16(19)20-4-2)12-13-7-5-8-17(15(13)18)21-10-6-11-22-17/h3,13-15H,1,4-12H2,2H3/t13-,14+,15+/m1/s1. The summed E-state index contributed by atoms with van der Waals surface area (Å²) in [5.41, 5.74) is 0. The van der Waals surface area contributed by atoms with Crippen LogP contribution < -0.4 is 0 Å².